The summed E-state index contributed by atoms with van der Waals surface area (Å²) in [6.07, 6.45) is 43.3. The molecule has 274 valence electrons. The molecule has 0 aromatic rings. The summed E-state index contributed by atoms with van der Waals surface area (Å²) in [6, 6.07) is 0. The Morgan fingerprint density at radius 3 is 1.56 bits per heavy atom. The maximum absolute atomic E-state index is 11.9. The molecular formula is C42H70O6. The Labute approximate surface area is 294 Å². The molecule has 1 N–H and O–H groups in total. The van der Waals surface area contributed by atoms with E-state index in [-0.39, 0.29) is 31.6 Å². The molecule has 0 bridgehead atoms. The lowest BCUT2D eigenvalue weighted by molar-refractivity contribution is -0.152. The number of allylic oxidation sites excluding steroid dienone is 8. The van der Waals surface area contributed by atoms with Crippen LogP contribution in [0.1, 0.15) is 156 Å². The molecule has 1 aliphatic rings. The lowest BCUT2D eigenvalue weighted by Crippen LogP contribution is -2.25. The number of rotatable bonds is 32. The second kappa shape index (κ2) is 31.8. The molecule has 0 saturated carbocycles. The van der Waals surface area contributed by atoms with Gasteiger partial charge in [0.15, 0.2) is 0 Å². The second-order valence-electron chi connectivity index (χ2n) is 13.5. The Morgan fingerprint density at radius 1 is 0.604 bits per heavy atom. The number of carbonyl (C=O) groups excluding carboxylic acids is 2. The van der Waals surface area contributed by atoms with Gasteiger partial charge in [0, 0.05) is 12.8 Å². The van der Waals surface area contributed by atoms with Gasteiger partial charge in [-0.1, -0.05) is 152 Å². The standard InChI is InChI=1S/C42H70O6/c1-4-5-25-31-39-40(48-39)32-27-22-18-14-10-6-7-11-15-19-23-28-33-41(44)46-35-38(43)36-47-42(45)34-29-24-20-16-12-8-9-13-17-21-26-30-37(2)3/h5,7,10-11,14,19,22-23,25,27,37-40,43H,4,6,8-9,12-13,15-18,20-21,24,26,28-36H2,1-3H3/b11-7-,14-10-,23-19-,25-5-,27-22-/t38-,39?,40?/m1/s1. The van der Waals surface area contributed by atoms with E-state index in [9.17, 15) is 14.7 Å². The minimum atomic E-state index is -0.998. The van der Waals surface area contributed by atoms with Crippen molar-refractivity contribution in [2.45, 2.75) is 174 Å². The van der Waals surface area contributed by atoms with Gasteiger partial charge in [-0.2, -0.15) is 0 Å². The Kier molecular flexibility index (Phi) is 28.9. The SMILES string of the molecule is CC/C=C\CC1OC1C/C=C\C/C=C\C/C=C\C/C=C\CCC(=O)OC[C@@H](O)COC(=O)CCCCCCCCCCCCCC(C)C. The first kappa shape index (κ1) is 43.6. The summed E-state index contributed by atoms with van der Waals surface area (Å²) < 4.78 is 15.9. The van der Waals surface area contributed by atoms with Crippen LogP contribution >= 0.6 is 0 Å². The average molecular weight is 671 g/mol. The second-order valence-corrected chi connectivity index (χ2v) is 13.5. The fourth-order valence-corrected chi connectivity index (χ4v) is 5.34. The highest BCUT2D eigenvalue weighted by molar-refractivity contribution is 5.70. The van der Waals surface area contributed by atoms with Crippen LogP contribution in [0.2, 0.25) is 0 Å². The Morgan fingerprint density at radius 2 is 1.04 bits per heavy atom. The normalized spacial score (nSPS) is 17.2. The van der Waals surface area contributed by atoms with Crippen molar-refractivity contribution in [3.05, 3.63) is 60.8 Å². The summed E-state index contributed by atoms with van der Waals surface area (Å²) >= 11 is 0. The summed E-state index contributed by atoms with van der Waals surface area (Å²) in [5.41, 5.74) is 0. The topological polar surface area (TPSA) is 85.4 Å². The van der Waals surface area contributed by atoms with Gasteiger partial charge in [-0.05, 0) is 57.3 Å². The average Bonchev–Trinajstić information content (AvgIpc) is 3.82. The van der Waals surface area contributed by atoms with E-state index in [1.54, 1.807) is 0 Å². The number of esters is 2. The van der Waals surface area contributed by atoms with Gasteiger partial charge in [-0.3, -0.25) is 9.59 Å². The maximum Gasteiger partial charge on any atom is 0.306 e. The summed E-state index contributed by atoms with van der Waals surface area (Å²) in [6.45, 7) is 6.44. The fraction of sp³-hybridized carbons (Fsp3) is 0.714. The van der Waals surface area contributed by atoms with Gasteiger partial charge < -0.3 is 19.3 Å². The number of aliphatic hydroxyl groups excluding tert-OH is 1. The number of unbranched alkanes of at least 4 members (excludes halogenated alkanes) is 10. The van der Waals surface area contributed by atoms with E-state index in [1.807, 2.05) is 12.2 Å². The van der Waals surface area contributed by atoms with Crippen LogP contribution in [0.15, 0.2) is 60.8 Å². The van der Waals surface area contributed by atoms with Crippen molar-refractivity contribution < 1.29 is 28.9 Å². The lowest BCUT2D eigenvalue weighted by atomic mass is 10.0. The molecule has 1 fully saturated rings. The predicted octanol–water partition coefficient (Wildman–Crippen LogP) is 10.9. The molecule has 3 atom stereocenters. The first-order chi connectivity index (χ1) is 23.4. The molecule has 48 heavy (non-hydrogen) atoms. The van der Waals surface area contributed by atoms with Crippen molar-refractivity contribution in [2.75, 3.05) is 13.2 Å². The van der Waals surface area contributed by atoms with Crippen LogP contribution < -0.4 is 0 Å². The molecule has 6 nitrogen and oxygen atoms in total. The number of epoxide rings is 1. The van der Waals surface area contributed by atoms with Crippen LogP contribution in [0.5, 0.6) is 0 Å². The van der Waals surface area contributed by atoms with E-state index in [0.29, 0.717) is 25.0 Å². The number of hydrogen-bond acceptors (Lipinski definition) is 6. The van der Waals surface area contributed by atoms with Crippen LogP contribution in [-0.4, -0.2) is 48.6 Å². The van der Waals surface area contributed by atoms with Crippen LogP contribution in [0.25, 0.3) is 0 Å². The minimum Gasteiger partial charge on any atom is -0.463 e. The van der Waals surface area contributed by atoms with E-state index >= 15 is 0 Å². The third-order valence-electron chi connectivity index (χ3n) is 8.36. The van der Waals surface area contributed by atoms with Crippen LogP contribution in [0.4, 0.5) is 0 Å². The fourth-order valence-electron chi connectivity index (χ4n) is 5.34. The molecule has 0 radical (unpaired) electrons. The zero-order chi connectivity index (χ0) is 34.9. The highest BCUT2D eigenvalue weighted by atomic mass is 16.6. The summed E-state index contributed by atoms with van der Waals surface area (Å²) in [4.78, 5) is 23.9. The summed E-state index contributed by atoms with van der Waals surface area (Å²) in [7, 11) is 0. The molecule has 0 aromatic carbocycles. The summed E-state index contributed by atoms with van der Waals surface area (Å²) in [5, 5.41) is 10.00. The molecule has 0 spiro atoms. The van der Waals surface area contributed by atoms with Gasteiger partial charge in [0.1, 0.15) is 19.3 Å². The van der Waals surface area contributed by atoms with Crippen molar-refractivity contribution in [3.63, 3.8) is 0 Å². The van der Waals surface area contributed by atoms with Crippen molar-refractivity contribution in [2.24, 2.45) is 5.92 Å². The smallest absolute Gasteiger partial charge is 0.306 e. The highest BCUT2D eigenvalue weighted by Gasteiger charge is 2.35. The molecule has 1 saturated heterocycles. The third-order valence-corrected chi connectivity index (χ3v) is 8.36. The number of carbonyl (C=O) groups is 2. The zero-order valence-corrected chi connectivity index (χ0v) is 30.8. The van der Waals surface area contributed by atoms with Crippen molar-refractivity contribution >= 4 is 11.9 Å². The van der Waals surface area contributed by atoms with Gasteiger partial charge in [0.25, 0.3) is 0 Å². The monoisotopic (exact) mass is 671 g/mol. The minimum absolute atomic E-state index is 0.143. The van der Waals surface area contributed by atoms with Gasteiger partial charge >= 0.3 is 11.9 Å². The maximum atomic E-state index is 11.9. The molecule has 1 aliphatic heterocycles. The molecule has 1 rings (SSSR count). The van der Waals surface area contributed by atoms with E-state index in [1.165, 1.54) is 57.8 Å². The molecule has 6 heteroatoms. The first-order valence-corrected chi connectivity index (χ1v) is 19.3. The Bertz CT molecular complexity index is 930. The van der Waals surface area contributed by atoms with Gasteiger partial charge in [0.2, 0.25) is 0 Å². The zero-order valence-electron chi connectivity index (χ0n) is 30.8. The Hall–Kier alpha value is -2.44. The Balaban J connectivity index is 1.88. The van der Waals surface area contributed by atoms with Gasteiger partial charge in [-0.25, -0.2) is 0 Å². The lowest BCUT2D eigenvalue weighted by Gasteiger charge is -2.12. The van der Waals surface area contributed by atoms with Crippen LogP contribution in [0.3, 0.4) is 0 Å². The van der Waals surface area contributed by atoms with E-state index in [0.717, 1.165) is 63.7 Å². The van der Waals surface area contributed by atoms with E-state index in [2.05, 4.69) is 69.4 Å². The van der Waals surface area contributed by atoms with Gasteiger partial charge in [-0.15, -0.1) is 0 Å². The molecule has 0 aromatic heterocycles. The largest absolute Gasteiger partial charge is 0.463 e. The van der Waals surface area contributed by atoms with E-state index in [4.69, 9.17) is 14.2 Å². The van der Waals surface area contributed by atoms with Crippen LogP contribution in [0, 0.1) is 5.92 Å². The number of ether oxygens (including phenoxy) is 3. The van der Waals surface area contributed by atoms with Crippen molar-refractivity contribution in [1.29, 1.82) is 0 Å². The molecule has 0 aliphatic carbocycles. The number of aliphatic hydroxyl groups is 1. The first-order valence-electron chi connectivity index (χ1n) is 19.3. The van der Waals surface area contributed by atoms with Crippen molar-refractivity contribution in [3.8, 4) is 0 Å². The van der Waals surface area contributed by atoms with E-state index < -0.39 is 6.10 Å². The van der Waals surface area contributed by atoms with Gasteiger partial charge in [0.05, 0.1) is 12.2 Å². The summed E-state index contributed by atoms with van der Waals surface area (Å²) in [5.74, 6) is 0.162. The third kappa shape index (κ3) is 29.7. The number of hydrogen-bond donors (Lipinski definition) is 1. The molecule has 1 heterocycles. The quantitative estimate of drug-likeness (QED) is 0.0332. The van der Waals surface area contributed by atoms with Crippen LogP contribution in [-0.2, 0) is 23.8 Å². The molecule has 2 unspecified atom stereocenters. The van der Waals surface area contributed by atoms with Crippen molar-refractivity contribution in [1.82, 2.24) is 0 Å². The predicted molar refractivity (Wildman–Crippen MR) is 200 cm³/mol. The molecular weight excluding hydrogens is 600 g/mol. The highest BCUT2D eigenvalue weighted by Crippen LogP contribution is 2.29. The molecule has 0 amide bonds.